The number of anilines is 1. The van der Waals surface area contributed by atoms with Crippen LogP contribution in [0.2, 0.25) is 0 Å². The number of thiophene rings is 1. The topological polar surface area (TPSA) is 132 Å². The van der Waals surface area contributed by atoms with Gasteiger partial charge in [0.2, 0.25) is 0 Å². The number of carbonyl (C=O) groups excluding carboxylic acids is 3. The number of esters is 2. The Balaban J connectivity index is 1.72. The zero-order valence-corrected chi connectivity index (χ0v) is 17.2. The molecule has 1 N–H and O–H groups in total. The molecule has 3 aromatic rings. The molecule has 0 fully saturated rings. The molecule has 30 heavy (non-hydrogen) atoms. The summed E-state index contributed by atoms with van der Waals surface area (Å²) in [5.74, 6) is -1.92. The number of nitrogens with zero attached hydrogens (tertiary/aromatic N) is 2. The average molecular weight is 427 g/mol. The molecule has 2 aromatic heterocycles. The molecule has 1 aromatic carbocycles. The van der Waals surface area contributed by atoms with Crippen molar-refractivity contribution < 1.29 is 28.3 Å². The number of aromatic nitrogens is 1. The first kappa shape index (κ1) is 21.0. The number of rotatable bonds is 6. The van der Waals surface area contributed by atoms with Crippen molar-refractivity contribution in [1.29, 1.82) is 5.26 Å². The van der Waals surface area contributed by atoms with Gasteiger partial charge in [-0.2, -0.15) is 5.26 Å². The van der Waals surface area contributed by atoms with Gasteiger partial charge in [-0.05, 0) is 44.5 Å². The van der Waals surface area contributed by atoms with Crippen LogP contribution < -0.4 is 5.32 Å². The first-order chi connectivity index (χ1) is 14.3. The summed E-state index contributed by atoms with van der Waals surface area (Å²) in [6.45, 7) is 4.86. The van der Waals surface area contributed by atoms with E-state index in [4.69, 9.17) is 13.9 Å². The fourth-order valence-corrected chi connectivity index (χ4v) is 3.66. The van der Waals surface area contributed by atoms with Crippen LogP contribution in [0.3, 0.4) is 0 Å². The Bertz CT molecular complexity index is 1170. The molecule has 0 saturated carbocycles. The molecule has 0 aliphatic rings. The van der Waals surface area contributed by atoms with Crippen molar-refractivity contribution in [3.8, 4) is 6.07 Å². The molecule has 0 aliphatic heterocycles. The number of benzene rings is 1. The van der Waals surface area contributed by atoms with E-state index >= 15 is 0 Å². The van der Waals surface area contributed by atoms with E-state index < -0.39 is 23.9 Å². The van der Waals surface area contributed by atoms with Crippen LogP contribution in [-0.2, 0) is 14.3 Å². The van der Waals surface area contributed by atoms with Crippen LogP contribution in [0.4, 0.5) is 5.00 Å². The highest BCUT2D eigenvalue weighted by molar-refractivity contribution is 7.18. The largest absolute Gasteiger partial charge is 0.462 e. The zero-order chi connectivity index (χ0) is 21.8. The smallest absolute Gasteiger partial charge is 0.348 e. The summed E-state index contributed by atoms with van der Waals surface area (Å²) in [4.78, 5) is 41.1. The highest BCUT2D eigenvalue weighted by Crippen LogP contribution is 2.33. The van der Waals surface area contributed by atoms with Crippen molar-refractivity contribution >= 4 is 45.3 Å². The summed E-state index contributed by atoms with van der Waals surface area (Å²) in [5.41, 5.74) is 1.80. The molecular formula is C20H17N3O6S. The van der Waals surface area contributed by atoms with Crippen molar-refractivity contribution in [2.75, 3.05) is 11.9 Å². The van der Waals surface area contributed by atoms with Gasteiger partial charge in [-0.3, -0.25) is 4.79 Å². The molecule has 1 amide bonds. The Morgan fingerprint density at radius 1 is 1.33 bits per heavy atom. The molecular weight excluding hydrogens is 410 g/mol. The van der Waals surface area contributed by atoms with E-state index in [0.717, 1.165) is 11.3 Å². The Kier molecular flexibility index (Phi) is 6.13. The van der Waals surface area contributed by atoms with Crippen LogP contribution in [0.5, 0.6) is 0 Å². The Morgan fingerprint density at radius 2 is 2.10 bits per heavy atom. The van der Waals surface area contributed by atoms with Gasteiger partial charge in [-0.15, -0.1) is 11.3 Å². The molecule has 3 rings (SSSR count). The Labute approximate surface area is 175 Å². The summed E-state index contributed by atoms with van der Waals surface area (Å²) in [5, 5.41) is 12.1. The van der Waals surface area contributed by atoms with Crippen LogP contribution >= 0.6 is 11.3 Å². The fourth-order valence-electron chi connectivity index (χ4n) is 2.61. The van der Waals surface area contributed by atoms with Crippen LogP contribution in [0.25, 0.3) is 11.1 Å². The zero-order valence-electron chi connectivity index (χ0n) is 16.3. The van der Waals surface area contributed by atoms with E-state index in [2.05, 4.69) is 10.3 Å². The van der Waals surface area contributed by atoms with Crippen LogP contribution in [-0.4, -0.2) is 35.5 Å². The summed E-state index contributed by atoms with van der Waals surface area (Å²) in [6.07, 6.45) is 0.112. The number of hydrogen-bond acceptors (Lipinski definition) is 9. The molecule has 9 nitrogen and oxygen atoms in total. The lowest BCUT2D eigenvalue weighted by Gasteiger charge is -2.13. The van der Waals surface area contributed by atoms with Gasteiger partial charge < -0.3 is 19.2 Å². The molecule has 0 radical (unpaired) electrons. The van der Waals surface area contributed by atoms with E-state index in [-0.39, 0.29) is 27.6 Å². The Hall–Kier alpha value is -3.71. The third kappa shape index (κ3) is 4.16. The average Bonchev–Trinajstić information content (AvgIpc) is 3.31. The minimum absolute atomic E-state index is 0.159. The summed E-state index contributed by atoms with van der Waals surface area (Å²) >= 11 is 0.934. The second-order valence-electron chi connectivity index (χ2n) is 6.16. The van der Waals surface area contributed by atoms with E-state index in [9.17, 15) is 19.6 Å². The second-order valence-corrected chi connectivity index (χ2v) is 7.18. The highest BCUT2D eigenvalue weighted by Gasteiger charge is 2.25. The van der Waals surface area contributed by atoms with Crippen molar-refractivity contribution in [2.24, 2.45) is 0 Å². The lowest BCUT2D eigenvalue weighted by atomic mass is 10.1. The second kappa shape index (κ2) is 8.75. The van der Waals surface area contributed by atoms with Gasteiger partial charge in [0.1, 0.15) is 21.5 Å². The Morgan fingerprint density at radius 3 is 2.80 bits per heavy atom. The quantitative estimate of drug-likeness (QED) is 0.592. The third-order valence-electron chi connectivity index (χ3n) is 4.18. The fraction of sp³-hybridized carbons (Fsp3) is 0.250. The van der Waals surface area contributed by atoms with E-state index in [0.29, 0.717) is 16.7 Å². The van der Waals surface area contributed by atoms with E-state index in [1.54, 1.807) is 19.9 Å². The number of nitrogens with one attached hydrogen (secondary N) is 1. The number of amides is 1. The van der Waals surface area contributed by atoms with Crippen molar-refractivity contribution in [1.82, 2.24) is 4.98 Å². The lowest BCUT2D eigenvalue weighted by Crippen LogP contribution is -2.30. The summed E-state index contributed by atoms with van der Waals surface area (Å²) in [7, 11) is 0. The normalized spacial score (nSPS) is 11.5. The maximum atomic E-state index is 12.5. The van der Waals surface area contributed by atoms with Gasteiger partial charge in [0.25, 0.3) is 5.91 Å². The standard InChI is InChI=1S/C20H17N3O6S/c1-4-27-20(26)16-10(2)13(8-21)18(30-16)23-17(24)11(3)29-19(25)12-5-6-15-14(7-12)22-9-28-15/h5-7,9,11H,4H2,1-3H3,(H,23,24). The maximum absolute atomic E-state index is 12.5. The summed E-state index contributed by atoms with van der Waals surface area (Å²) < 4.78 is 15.3. The third-order valence-corrected chi connectivity index (χ3v) is 5.36. The first-order valence-electron chi connectivity index (χ1n) is 8.91. The van der Waals surface area contributed by atoms with Gasteiger partial charge in [0, 0.05) is 0 Å². The predicted octanol–water partition coefficient (Wildman–Crippen LogP) is 3.43. The van der Waals surface area contributed by atoms with Crippen molar-refractivity contribution in [2.45, 2.75) is 26.9 Å². The molecule has 1 atom stereocenters. The molecule has 10 heteroatoms. The van der Waals surface area contributed by atoms with Crippen LogP contribution in [0, 0.1) is 18.3 Å². The highest BCUT2D eigenvalue weighted by atomic mass is 32.1. The molecule has 1 unspecified atom stereocenters. The van der Waals surface area contributed by atoms with E-state index in [1.807, 2.05) is 6.07 Å². The number of oxazole rings is 1. The van der Waals surface area contributed by atoms with Gasteiger partial charge in [-0.1, -0.05) is 0 Å². The number of carbonyl (C=O) groups is 3. The van der Waals surface area contributed by atoms with Crippen LogP contribution in [0.15, 0.2) is 29.0 Å². The summed E-state index contributed by atoms with van der Waals surface area (Å²) in [6, 6.07) is 6.54. The monoisotopic (exact) mass is 427 g/mol. The van der Waals surface area contributed by atoms with Crippen LogP contribution in [0.1, 0.15) is 45.0 Å². The lowest BCUT2D eigenvalue weighted by molar-refractivity contribution is -0.123. The molecule has 2 heterocycles. The maximum Gasteiger partial charge on any atom is 0.348 e. The predicted molar refractivity (Wildman–Crippen MR) is 107 cm³/mol. The molecule has 0 spiro atoms. The SMILES string of the molecule is CCOC(=O)c1sc(NC(=O)C(C)OC(=O)c2ccc3ocnc3c2)c(C#N)c1C. The van der Waals surface area contributed by atoms with Crippen molar-refractivity contribution in [3.63, 3.8) is 0 Å². The minimum Gasteiger partial charge on any atom is -0.462 e. The molecule has 154 valence electrons. The molecule has 0 bridgehead atoms. The minimum atomic E-state index is -1.15. The number of fused-ring (bicyclic) bond motifs is 1. The van der Waals surface area contributed by atoms with Gasteiger partial charge >= 0.3 is 11.9 Å². The van der Waals surface area contributed by atoms with Gasteiger partial charge in [0.15, 0.2) is 18.1 Å². The number of ether oxygens (including phenoxy) is 2. The van der Waals surface area contributed by atoms with E-state index in [1.165, 1.54) is 25.5 Å². The van der Waals surface area contributed by atoms with Gasteiger partial charge in [-0.25, -0.2) is 14.6 Å². The number of hydrogen-bond donors (Lipinski definition) is 1. The number of nitriles is 1. The van der Waals surface area contributed by atoms with Gasteiger partial charge in [0.05, 0.1) is 17.7 Å². The van der Waals surface area contributed by atoms with Crippen molar-refractivity contribution in [3.05, 3.63) is 46.2 Å². The molecule has 0 aliphatic carbocycles. The first-order valence-corrected chi connectivity index (χ1v) is 9.73. The molecule has 0 saturated heterocycles.